The summed E-state index contributed by atoms with van der Waals surface area (Å²) in [6.07, 6.45) is 3.17. The zero-order valence-corrected chi connectivity index (χ0v) is 15.1. The number of rotatable bonds is 6. The van der Waals surface area contributed by atoms with E-state index in [1.165, 1.54) is 0 Å². The van der Waals surface area contributed by atoms with Crippen LogP contribution in [-0.2, 0) is 18.1 Å². The Morgan fingerprint density at radius 1 is 1.04 bits per heavy atom. The van der Waals surface area contributed by atoms with Crippen LogP contribution in [0.25, 0.3) is 11.1 Å². The van der Waals surface area contributed by atoms with Crippen molar-refractivity contribution in [2.24, 2.45) is 5.16 Å². The van der Waals surface area contributed by atoms with Gasteiger partial charge < -0.3 is 14.8 Å². The van der Waals surface area contributed by atoms with Gasteiger partial charge in [0.1, 0.15) is 12.4 Å². The normalized spacial score (nSPS) is 13.2. The lowest BCUT2D eigenvalue weighted by Crippen LogP contribution is -2.48. The van der Waals surface area contributed by atoms with Crippen LogP contribution in [0.4, 0.5) is 10.3 Å². The first-order chi connectivity index (χ1) is 13.7. The van der Waals surface area contributed by atoms with Gasteiger partial charge in [0.15, 0.2) is 0 Å². The summed E-state index contributed by atoms with van der Waals surface area (Å²) >= 11 is 0. The number of aliphatic hydroxyl groups excluding tert-OH is 1. The smallest absolute Gasteiger partial charge is 0.225 e. The van der Waals surface area contributed by atoms with E-state index >= 15 is 0 Å². The number of halogens is 1. The predicted octanol–water partition coefficient (Wildman–Crippen LogP) is 3.17. The molecule has 0 unspecified atom stereocenters. The van der Waals surface area contributed by atoms with Crippen LogP contribution in [0.1, 0.15) is 11.1 Å². The SMILES string of the molecule is OCc1cccc(-c2cnc(N3CC(=NOCc4ccccc4)C3)nc2)c1F. The standard InChI is InChI=1S/C21H19FN4O2/c22-20-16(13-27)7-4-8-19(20)17-9-23-21(24-10-17)26-11-18(12-26)25-28-14-15-5-2-1-3-6-15/h1-10,27H,11-14H2. The van der Waals surface area contributed by atoms with Gasteiger partial charge in [-0.2, -0.15) is 0 Å². The van der Waals surface area contributed by atoms with E-state index in [9.17, 15) is 9.50 Å². The van der Waals surface area contributed by atoms with Crippen molar-refractivity contribution in [1.29, 1.82) is 0 Å². The summed E-state index contributed by atoms with van der Waals surface area (Å²) in [5.74, 6) is 0.111. The lowest BCUT2D eigenvalue weighted by molar-refractivity contribution is 0.129. The Bertz CT molecular complexity index is 969. The predicted molar refractivity (Wildman–Crippen MR) is 104 cm³/mol. The van der Waals surface area contributed by atoms with E-state index in [1.54, 1.807) is 30.6 Å². The van der Waals surface area contributed by atoms with Gasteiger partial charge in [0.05, 0.1) is 25.4 Å². The summed E-state index contributed by atoms with van der Waals surface area (Å²) in [6.45, 7) is 1.29. The molecule has 0 amide bonds. The van der Waals surface area contributed by atoms with Crippen LogP contribution in [0.15, 0.2) is 66.1 Å². The molecule has 1 N–H and O–H groups in total. The van der Waals surface area contributed by atoms with Crippen molar-refractivity contribution in [2.75, 3.05) is 18.0 Å². The van der Waals surface area contributed by atoms with Crippen LogP contribution in [0.3, 0.4) is 0 Å². The molecule has 1 aromatic heterocycles. The van der Waals surface area contributed by atoms with E-state index in [4.69, 9.17) is 4.84 Å². The van der Waals surface area contributed by atoms with Crippen LogP contribution < -0.4 is 4.90 Å². The van der Waals surface area contributed by atoms with E-state index in [0.717, 1.165) is 11.3 Å². The van der Waals surface area contributed by atoms with Crippen molar-refractivity contribution in [2.45, 2.75) is 13.2 Å². The van der Waals surface area contributed by atoms with E-state index in [1.807, 2.05) is 35.2 Å². The van der Waals surface area contributed by atoms with E-state index in [-0.39, 0.29) is 12.2 Å². The highest BCUT2D eigenvalue weighted by molar-refractivity contribution is 5.98. The lowest BCUT2D eigenvalue weighted by atomic mass is 10.1. The number of benzene rings is 2. The quantitative estimate of drug-likeness (QED) is 0.667. The average Bonchev–Trinajstić information content (AvgIpc) is 2.71. The van der Waals surface area contributed by atoms with Crippen LogP contribution in [-0.4, -0.2) is 33.9 Å². The van der Waals surface area contributed by atoms with Crippen molar-refractivity contribution in [3.8, 4) is 11.1 Å². The molecular formula is C21H19FN4O2. The molecular weight excluding hydrogens is 359 g/mol. The van der Waals surface area contributed by atoms with E-state index in [0.29, 0.717) is 36.8 Å². The number of anilines is 1. The fourth-order valence-electron chi connectivity index (χ4n) is 2.91. The minimum Gasteiger partial charge on any atom is -0.392 e. The Kier molecular flexibility index (Phi) is 5.25. The summed E-state index contributed by atoms with van der Waals surface area (Å²) in [5.41, 5.74) is 3.18. The van der Waals surface area contributed by atoms with Crippen molar-refractivity contribution < 1.29 is 14.3 Å². The van der Waals surface area contributed by atoms with Gasteiger partial charge >= 0.3 is 0 Å². The highest BCUT2D eigenvalue weighted by atomic mass is 19.1. The molecule has 7 heteroatoms. The molecule has 1 fully saturated rings. The molecule has 28 heavy (non-hydrogen) atoms. The van der Waals surface area contributed by atoms with Gasteiger partial charge in [0, 0.05) is 29.1 Å². The number of aliphatic hydroxyl groups is 1. The Hall–Kier alpha value is -3.32. The van der Waals surface area contributed by atoms with Crippen LogP contribution in [0.2, 0.25) is 0 Å². The first-order valence-corrected chi connectivity index (χ1v) is 8.92. The molecule has 4 rings (SSSR count). The monoisotopic (exact) mass is 378 g/mol. The molecule has 1 aliphatic rings. The van der Waals surface area contributed by atoms with Crippen molar-refractivity contribution in [3.05, 3.63) is 77.9 Å². The lowest BCUT2D eigenvalue weighted by Gasteiger charge is -2.31. The molecule has 2 aromatic carbocycles. The first-order valence-electron chi connectivity index (χ1n) is 8.92. The van der Waals surface area contributed by atoms with Crippen molar-refractivity contribution >= 4 is 11.7 Å². The van der Waals surface area contributed by atoms with Gasteiger partial charge in [-0.1, -0.05) is 53.7 Å². The molecule has 0 aliphatic carbocycles. The second-order valence-electron chi connectivity index (χ2n) is 6.48. The Morgan fingerprint density at radius 2 is 1.79 bits per heavy atom. The van der Waals surface area contributed by atoms with E-state index < -0.39 is 5.82 Å². The number of aromatic nitrogens is 2. The largest absolute Gasteiger partial charge is 0.392 e. The third-order valence-corrected chi connectivity index (χ3v) is 4.50. The molecule has 0 atom stereocenters. The third kappa shape index (κ3) is 3.84. The molecule has 0 saturated carbocycles. The maximum absolute atomic E-state index is 14.3. The van der Waals surface area contributed by atoms with Crippen LogP contribution in [0.5, 0.6) is 0 Å². The summed E-state index contributed by atoms with van der Waals surface area (Å²) in [4.78, 5) is 16.0. The molecule has 6 nitrogen and oxygen atoms in total. The highest BCUT2D eigenvalue weighted by Gasteiger charge is 2.25. The van der Waals surface area contributed by atoms with Gasteiger partial charge in [-0.25, -0.2) is 14.4 Å². The Balaban J connectivity index is 1.35. The summed E-state index contributed by atoms with van der Waals surface area (Å²) in [7, 11) is 0. The van der Waals surface area contributed by atoms with Gasteiger partial charge in [0.25, 0.3) is 0 Å². The van der Waals surface area contributed by atoms with Gasteiger partial charge in [0.2, 0.25) is 5.95 Å². The molecule has 3 aromatic rings. The van der Waals surface area contributed by atoms with Crippen LogP contribution in [0, 0.1) is 5.82 Å². The number of hydrogen-bond donors (Lipinski definition) is 1. The molecule has 0 bridgehead atoms. The van der Waals surface area contributed by atoms with Gasteiger partial charge in [-0.3, -0.25) is 0 Å². The molecule has 0 spiro atoms. The fourth-order valence-corrected chi connectivity index (χ4v) is 2.91. The Labute approximate surface area is 161 Å². The molecule has 142 valence electrons. The summed E-state index contributed by atoms with van der Waals surface area (Å²) in [6, 6.07) is 14.8. The topological polar surface area (TPSA) is 70.8 Å². The maximum atomic E-state index is 14.3. The fraction of sp³-hybridized carbons (Fsp3) is 0.190. The summed E-state index contributed by atoms with van der Waals surface area (Å²) < 4.78 is 14.3. The minimum atomic E-state index is -0.449. The minimum absolute atomic E-state index is 0.251. The molecule has 2 heterocycles. The number of oxime groups is 1. The third-order valence-electron chi connectivity index (χ3n) is 4.50. The first kappa shape index (κ1) is 18.1. The van der Waals surface area contributed by atoms with Gasteiger partial charge in [-0.15, -0.1) is 0 Å². The maximum Gasteiger partial charge on any atom is 0.225 e. The second-order valence-corrected chi connectivity index (χ2v) is 6.48. The molecule has 1 saturated heterocycles. The zero-order valence-electron chi connectivity index (χ0n) is 15.1. The Morgan fingerprint density at radius 3 is 2.50 bits per heavy atom. The number of hydrogen-bond acceptors (Lipinski definition) is 6. The summed E-state index contributed by atoms with van der Waals surface area (Å²) in [5, 5.41) is 13.3. The molecule has 0 radical (unpaired) electrons. The second kappa shape index (κ2) is 8.14. The van der Waals surface area contributed by atoms with Crippen molar-refractivity contribution in [3.63, 3.8) is 0 Å². The van der Waals surface area contributed by atoms with Gasteiger partial charge in [-0.05, 0) is 5.56 Å². The number of nitrogens with zero attached hydrogens (tertiary/aromatic N) is 4. The highest BCUT2D eigenvalue weighted by Crippen LogP contribution is 2.25. The van der Waals surface area contributed by atoms with E-state index in [2.05, 4.69) is 15.1 Å². The molecule has 1 aliphatic heterocycles. The van der Waals surface area contributed by atoms with Crippen molar-refractivity contribution in [1.82, 2.24) is 9.97 Å². The average molecular weight is 378 g/mol. The zero-order chi connectivity index (χ0) is 19.3. The van der Waals surface area contributed by atoms with Crippen LogP contribution >= 0.6 is 0 Å².